The lowest BCUT2D eigenvalue weighted by atomic mass is 10.1. The number of benzene rings is 2. The van der Waals surface area contributed by atoms with Gasteiger partial charge in [-0.2, -0.15) is 0 Å². The second-order valence-electron chi connectivity index (χ2n) is 6.76. The molecule has 0 spiro atoms. The van der Waals surface area contributed by atoms with E-state index < -0.39 is 0 Å². The molecule has 32 heavy (non-hydrogen) atoms. The number of pyridine rings is 2. The molecule has 0 N–H and O–H groups in total. The molecule has 4 aromatic rings. The number of hydrogen-bond donors (Lipinski definition) is 0. The molecule has 0 unspecified atom stereocenters. The van der Waals surface area contributed by atoms with E-state index in [2.05, 4.69) is 9.98 Å². The highest BCUT2D eigenvalue weighted by Gasteiger charge is 2.06. The van der Waals surface area contributed by atoms with Gasteiger partial charge in [-0.1, -0.05) is 36.4 Å². The first kappa shape index (κ1) is 25.2. The normalized spacial score (nSPS) is 11.5. The Balaban J connectivity index is 0.00000181. The fourth-order valence-electron chi connectivity index (χ4n) is 3.20. The van der Waals surface area contributed by atoms with E-state index in [1.165, 1.54) is 0 Å². The van der Waals surface area contributed by atoms with E-state index in [9.17, 15) is 10.2 Å². The van der Waals surface area contributed by atoms with Crippen LogP contribution >= 0.6 is 34.0 Å². The molecule has 164 valence electrons. The van der Waals surface area contributed by atoms with Gasteiger partial charge in [0.1, 0.15) is 0 Å². The smallest absolute Gasteiger partial charge is 0.176 e. The van der Waals surface area contributed by atoms with E-state index in [-0.39, 0.29) is 58.8 Å². The van der Waals surface area contributed by atoms with E-state index in [0.29, 0.717) is 11.4 Å². The monoisotopic (exact) mass is 556 g/mol. The zero-order valence-corrected chi connectivity index (χ0v) is 20.5. The Kier molecular flexibility index (Phi) is 9.49. The molecule has 0 aliphatic heterocycles. The lowest BCUT2D eigenvalue weighted by molar-refractivity contribution is -0.687. The van der Waals surface area contributed by atoms with Crippen molar-refractivity contribution in [3.8, 4) is 0 Å². The largest absolute Gasteiger partial charge is 0.857 e. The van der Waals surface area contributed by atoms with Crippen LogP contribution in [0.3, 0.4) is 0 Å². The number of halogens is 2. The summed E-state index contributed by atoms with van der Waals surface area (Å²) in [7, 11) is 0. The Morgan fingerprint density at radius 1 is 0.562 bits per heavy atom. The van der Waals surface area contributed by atoms with Crippen molar-refractivity contribution in [1.29, 1.82) is 0 Å². The van der Waals surface area contributed by atoms with Crippen LogP contribution in [0.5, 0.6) is 0 Å². The van der Waals surface area contributed by atoms with E-state index in [0.717, 1.165) is 10.8 Å². The standard InChI is InChI=1S/C24H20N4O2.2BrH/c29-23(17-27-13-3-1-4-14-27)25-21-11-7-10-20-19(21)9-8-12-22(20)26-24(30)18-28-15-5-2-6-16-28;;/h1-16H,17-18H2;2*1H. The lowest BCUT2D eigenvalue weighted by Crippen LogP contribution is -2.41. The SMILES string of the molecule is Br.Br.[O-]C(C[n+]1ccccc1)=Nc1cccc2c(N=C([O-])C[n+]3ccccc3)cccc12. The lowest BCUT2D eigenvalue weighted by Gasteiger charge is -2.11. The van der Waals surface area contributed by atoms with Gasteiger partial charge in [-0.05, 0) is 12.1 Å². The third-order valence-electron chi connectivity index (χ3n) is 4.56. The highest BCUT2D eigenvalue weighted by Crippen LogP contribution is 2.32. The molecule has 0 saturated heterocycles. The third kappa shape index (κ3) is 6.45. The van der Waals surface area contributed by atoms with Gasteiger partial charge in [0.15, 0.2) is 37.9 Å². The van der Waals surface area contributed by atoms with Crippen LogP contribution in [0.4, 0.5) is 11.4 Å². The molecule has 2 aromatic heterocycles. The summed E-state index contributed by atoms with van der Waals surface area (Å²) in [6.45, 7) is 0.322. The molecule has 0 aliphatic rings. The first-order valence-electron chi connectivity index (χ1n) is 9.58. The van der Waals surface area contributed by atoms with Gasteiger partial charge in [0.2, 0.25) is 0 Å². The van der Waals surface area contributed by atoms with Crippen LogP contribution in [-0.4, -0.2) is 11.8 Å². The van der Waals surface area contributed by atoms with Crippen LogP contribution in [0.1, 0.15) is 0 Å². The minimum absolute atomic E-state index is 0. The predicted molar refractivity (Wildman–Crippen MR) is 132 cm³/mol. The van der Waals surface area contributed by atoms with Crippen molar-refractivity contribution in [1.82, 2.24) is 0 Å². The molecule has 0 aliphatic carbocycles. The Bertz CT molecular complexity index is 1120. The Morgan fingerprint density at radius 3 is 1.31 bits per heavy atom. The molecular weight excluding hydrogens is 536 g/mol. The Labute approximate surface area is 207 Å². The number of hydrogen-bond acceptors (Lipinski definition) is 4. The summed E-state index contributed by atoms with van der Waals surface area (Å²) < 4.78 is 3.55. The number of aromatic nitrogens is 2. The van der Waals surface area contributed by atoms with Gasteiger partial charge in [-0.3, -0.25) is 9.98 Å². The maximum absolute atomic E-state index is 12.4. The molecule has 4 rings (SSSR count). The van der Waals surface area contributed by atoms with Crippen molar-refractivity contribution in [3.63, 3.8) is 0 Å². The van der Waals surface area contributed by atoms with Crippen LogP contribution in [0.15, 0.2) is 108 Å². The predicted octanol–water partition coefficient (Wildman–Crippen LogP) is 2.75. The van der Waals surface area contributed by atoms with Gasteiger partial charge >= 0.3 is 0 Å². The highest BCUT2D eigenvalue weighted by atomic mass is 79.9. The molecule has 8 heteroatoms. The fourth-order valence-corrected chi connectivity index (χ4v) is 3.20. The van der Waals surface area contributed by atoms with E-state index in [1.54, 1.807) is 21.3 Å². The van der Waals surface area contributed by atoms with Crippen LogP contribution in [0.25, 0.3) is 10.8 Å². The zero-order valence-electron chi connectivity index (χ0n) is 17.1. The van der Waals surface area contributed by atoms with Crippen molar-refractivity contribution in [2.45, 2.75) is 13.1 Å². The van der Waals surface area contributed by atoms with Crippen LogP contribution in [-0.2, 0) is 13.1 Å². The maximum Gasteiger partial charge on any atom is 0.176 e. The summed E-state index contributed by atoms with van der Waals surface area (Å²) in [5.41, 5.74) is 1.13. The molecule has 2 aromatic carbocycles. The van der Waals surface area contributed by atoms with Crippen LogP contribution in [0, 0.1) is 0 Å². The molecule has 0 radical (unpaired) electrons. The molecule has 0 atom stereocenters. The number of aliphatic imine (C=N–C) groups is 2. The van der Waals surface area contributed by atoms with Gasteiger partial charge < -0.3 is 10.2 Å². The first-order chi connectivity index (χ1) is 14.7. The number of rotatable bonds is 6. The van der Waals surface area contributed by atoms with Gasteiger partial charge in [0.25, 0.3) is 0 Å². The summed E-state index contributed by atoms with van der Waals surface area (Å²) in [5, 5.41) is 26.4. The zero-order chi connectivity index (χ0) is 20.8. The van der Waals surface area contributed by atoms with E-state index in [1.807, 2.05) is 85.5 Å². The summed E-state index contributed by atoms with van der Waals surface area (Å²) in [6.07, 6.45) is 7.29. The maximum atomic E-state index is 12.4. The van der Waals surface area contributed by atoms with E-state index in [4.69, 9.17) is 0 Å². The fraction of sp³-hybridized carbons (Fsp3) is 0.0833. The van der Waals surface area contributed by atoms with Gasteiger partial charge in [0.05, 0.1) is 11.4 Å². The van der Waals surface area contributed by atoms with Crippen molar-refractivity contribution in [2.24, 2.45) is 9.98 Å². The summed E-state index contributed by atoms with van der Waals surface area (Å²) >= 11 is 0. The Hall–Kier alpha value is -3.10. The van der Waals surface area contributed by atoms with Gasteiger partial charge in [-0.15, -0.1) is 34.0 Å². The molecule has 0 amide bonds. The van der Waals surface area contributed by atoms with E-state index >= 15 is 0 Å². The summed E-state index contributed by atoms with van der Waals surface area (Å²) in [4.78, 5) is 8.56. The average Bonchev–Trinajstić information content (AvgIpc) is 2.76. The van der Waals surface area contributed by atoms with Gasteiger partial charge in [-0.25, -0.2) is 9.13 Å². The van der Waals surface area contributed by atoms with Crippen molar-refractivity contribution in [2.75, 3.05) is 0 Å². The van der Waals surface area contributed by atoms with Crippen LogP contribution in [0.2, 0.25) is 0 Å². The van der Waals surface area contributed by atoms with Crippen LogP contribution < -0.4 is 19.3 Å². The quantitative estimate of drug-likeness (QED) is 0.208. The third-order valence-corrected chi connectivity index (χ3v) is 4.56. The number of fused-ring (bicyclic) bond motifs is 1. The molecule has 0 saturated carbocycles. The second-order valence-corrected chi connectivity index (χ2v) is 6.76. The topological polar surface area (TPSA) is 78.6 Å². The minimum Gasteiger partial charge on any atom is -0.857 e. The molecule has 6 nitrogen and oxygen atoms in total. The van der Waals surface area contributed by atoms with Crippen molar-refractivity contribution in [3.05, 3.63) is 97.6 Å². The molecule has 0 fully saturated rings. The highest BCUT2D eigenvalue weighted by molar-refractivity contribution is 8.93. The molecule has 2 heterocycles. The van der Waals surface area contributed by atoms with Crippen molar-refractivity contribution >= 4 is 67.9 Å². The molecular formula is C24H22Br2N4O2. The minimum atomic E-state index is -0.252. The summed E-state index contributed by atoms with van der Waals surface area (Å²) in [6, 6.07) is 22.2. The first-order valence-corrected chi connectivity index (χ1v) is 9.58. The number of nitrogens with zero attached hydrogens (tertiary/aromatic N) is 4. The Morgan fingerprint density at radius 2 is 0.938 bits per heavy atom. The van der Waals surface area contributed by atoms with Gasteiger partial charge in [0, 0.05) is 46.8 Å². The second kappa shape index (κ2) is 12.1. The average molecular weight is 558 g/mol. The van der Waals surface area contributed by atoms with Crippen molar-refractivity contribution < 1.29 is 19.3 Å². The molecule has 0 bridgehead atoms. The summed E-state index contributed by atoms with van der Waals surface area (Å²) in [5.74, 6) is -0.504.